The lowest BCUT2D eigenvalue weighted by atomic mass is 9.86. The van der Waals surface area contributed by atoms with E-state index in [4.69, 9.17) is 72.6 Å². The zero-order chi connectivity index (χ0) is 94.8. The van der Waals surface area contributed by atoms with E-state index < -0.39 is 291 Å². The fourth-order valence-corrected chi connectivity index (χ4v) is 16.4. The maximum Gasteiger partial charge on any atom is 0.573 e. The van der Waals surface area contributed by atoms with Crippen molar-refractivity contribution in [2.45, 2.75) is 200 Å². The van der Waals surface area contributed by atoms with Crippen LogP contribution in [0.2, 0.25) is 10.0 Å². The van der Waals surface area contributed by atoms with Crippen LogP contribution in [0.1, 0.15) is 121 Å². The van der Waals surface area contributed by atoms with Crippen molar-refractivity contribution in [3.8, 4) is 62.9 Å². The number of benzene rings is 7. The Labute approximate surface area is 752 Å². The van der Waals surface area contributed by atoms with Crippen molar-refractivity contribution in [3.63, 3.8) is 0 Å². The minimum absolute atomic E-state index is 0.0487. The third-order valence-electron chi connectivity index (χ3n) is 22.6. The number of halogens is 5. The number of amides is 8. The fourth-order valence-electron chi connectivity index (χ4n) is 15.9. The number of aliphatic hydroxyl groups is 9. The molecule has 23 atom stereocenters. The van der Waals surface area contributed by atoms with Crippen molar-refractivity contribution in [1.82, 2.24) is 42.5 Å². The number of hydrogen-bond donors (Lipinski definition) is 23. The summed E-state index contributed by atoms with van der Waals surface area (Å²) in [5, 5.41) is 163. The van der Waals surface area contributed by atoms with E-state index in [1.807, 2.05) is 0 Å². The first-order valence-corrected chi connectivity index (χ1v) is 41.8. The monoisotopic (exact) mass is 1870 g/mol. The number of carbonyl (C=O) groups is 8. The molecule has 0 spiro atoms. The Morgan fingerprint density at radius 2 is 1.30 bits per heavy atom. The van der Waals surface area contributed by atoms with Gasteiger partial charge in [0.2, 0.25) is 53.4 Å². The number of likely N-dealkylation sites (N-methyl/N-ethyl adjacent to an activating group) is 1. The molecule has 7 aromatic rings. The Kier molecular flexibility index (Phi) is 29.9. The quantitative estimate of drug-likeness (QED) is 0.0487. The van der Waals surface area contributed by atoms with Gasteiger partial charge in [-0.05, 0) is 146 Å². The summed E-state index contributed by atoms with van der Waals surface area (Å²) < 4.78 is 94.0. The molecule has 0 aliphatic carbocycles. The van der Waals surface area contributed by atoms with Crippen LogP contribution in [0, 0.1) is 5.92 Å². The largest absolute Gasteiger partial charge is 0.573 e. The predicted molar refractivity (Wildman–Crippen MR) is 449 cm³/mol. The first-order valence-electron chi connectivity index (χ1n) is 41.0. The van der Waals surface area contributed by atoms with Crippen LogP contribution in [0.3, 0.4) is 0 Å². The van der Waals surface area contributed by atoms with Crippen LogP contribution in [0.15, 0.2) is 127 Å². The lowest BCUT2D eigenvalue weighted by Crippen LogP contribution is -2.65. The number of aliphatic hydroxyl groups excluding tert-OH is 9. The van der Waals surface area contributed by atoms with Crippen LogP contribution in [-0.2, 0) is 63.8 Å². The molecule has 25 N–H and O–H groups in total. The van der Waals surface area contributed by atoms with Crippen molar-refractivity contribution in [1.29, 1.82) is 0 Å². The van der Waals surface area contributed by atoms with Crippen LogP contribution in [-0.4, -0.2) is 245 Å². The fraction of sp³-hybridized carbons (Fsp3) is 0.419. The van der Waals surface area contributed by atoms with E-state index in [1.165, 1.54) is 57.3 Å². The zero-order valence-electron chi connectivity index (χ0n) is 70.0. The molecule has 8 heterocycles. The van der Waals surface area contributed by atoms with Gasteiger partial charge >= 0.3 is 6.36 Å². The van der Waals surface area contributed by atoms with Crippen molar-refractivity contribution >= 4 is 76.1 Å². The average Bonchev–Trinajstić information content (AvgIpc) is 0.766. The number of phenols is 3. The van der Waals surface area contributed by atoms with E-state index in [-0.39, 0.29) is 59.8 Å². The summed E-state index contributed by atoms with van der Waals surface area (Å²) >= 11 is 14.5. The van der Waals surface area contributed by atoms with Gasteiger partial charge in [-0.1, -0.05) is 73.4 Å². The third kappa shape index (κ3) is 22.2. The third-order valence-corrected chi connectivity index (χ3v) is 23.2. The Balaban J connectivity index is 0.919. The normalized spacial score (nSPS) is 29.0. The van der Waals surface area contributed by atoms with Gasteiger partial charge in [0.15, 0.2) is 30.3 Å². The molecule has 45 heteroatoms. The van der Waals surface area contributed by atoms with Crippen LogP contribution >= 0.6 is 23.2 Å². The maximum absolute atomic E-state index is 16.4. The van der Waals surface area contributed by atoms with Crippen LogP contribution < -0.4 is 78.3 Å². The molecule has 0 radical (unpaired) electrons. The molecule has 3 fully saturated rings. The number of ether oxygens (including phenoxy) is 9. The summed E-state index contributed by atoms with van der Waals surface area (Å²) in [7, 11) is 1.45. The molecule has 8 amide bonds. The molecule has 3 saturated heterocycles. The Morgan fingerprint density at radius 3 is 1.95 bits per heavy atom. The highest BCUT2D eigenvalue weighted by Gasteiger charge is 2.53. The number of rotatable bonds is 21. The highest BCUT2D eigenvalue weighted by Crippen LogP contribution is 2.50. The zero-order valence-corrected chi connectivity index (χ0v) is 71.5. The van der Waals surface area contributed by atoms with E-state index >= 15 is 24.0 Å². The molecule has 0 saturated carbocycles. The van der Waals surface area contributed by atoms with Gasteiger partial charge in [-0.25, -0.2) is 0 Å². The number of aromatic hydroxyl groups is 3. The van der Waals surface area contributed by atoms with E-state index in [2.05, 4.69) is 52.6 Å². The molecule has 8 aliphatic heterocycles. The summed E-state index contributed by atoms with van der Waals surface area (Å²) in [5.41, 5.74) is 8.82. The smallest absolute Gasteiger partial charge is 0.508 e. The van der Waals surface area contributed by atoms with E-state index in [0.717, 1.165) is 78.9 Å². The van der Waals surface area contributed by atoms with Gasteiger partial charge in [0.1, 0.15) is 126 Å². The van der Waals surface area contributed by atoms with E-state index in [0.29, 0.717) is 5.56 Å². The lowest BCUT2D eigenvalue weighted by Gasteiger charge is -2.46. The van der Waals surface area contributed by atoms with Gasteiger partial charge in [0.25, 0.3) is 5.91 Å². The first kappa shape index (κ1) is 97.1. The number of phenolic OH excluding ortho intramolecular Hbond substituents is 3. The SMILES string of the molecule is CN[C@H](CC(C)C)C(=O)NC1C(=O)N[C@H](CC(N)=O)C(=O)N[C@H]2C(=O)N[C@H]3C(=O)N[C@H](C(=O)N[C@@H](O)c4cc(O)cc(O)c4-c4cc3ccc4O)[C@H](O[C@H]3C[C@](C)(N)[C@@H](O)[C@H](C)O3)c3ccc(c(Cl)c3)Oc3cc2cc(c3O[C@@H]2O[C@H](CO)[C@@H](O[C@@H]3O[C@H](CNCc4cccc(NC(=O)c5cccc(OC(F)(F)F)c5)c4)[C@H](O)[C@H](O)[C@H]3O)[C@H](O)[C@H]2O)Oc2ccc(cc2Cl)[C@H]1O. The van der Waals surface area contributed by atoms with Crippen molar-refractivity contribution in [3.05, 3.63) is 176 Å². The summed E-state index contributed by atoms with van der Waals surface area (Å²) in [5.74, 6) is -16.0. The highest BCUT2D eigenvalue weighted by molar-refractivity contribution is 6.32. The van der Waals surface area contributed by atoms with Gasteiger partial charge < -0.3 is 163 Å². The molecule has 7 aromatic carbocycles. The van der Waals surface area contributed by atoms with Crippen LogP contribution in [0.5, 0.6) is 51.7 Å². The molecule has 131 heavy (non-hydrogen) atoms. The van der Waals surface area contributed by atoms with E-state index in [1.54, 1.807) is 26.0 Å². The second kappa shape index (κ2) is 40.4. The number of primary amides is 1. The summed E-state index contributed by atoms with van der Waals surface area (Å²) in [6, 6.07) is 12.0. The summed E-state index contributed by atoms with van der Waals surface area (Å²) in [4.78, 5) is 119. The van der Waals surface area contributed by atoms with Crippen molar-refractivity contribution < 1.29 is 155 Å². The lowest BCUT2D eigenvalue weighted by molar-refractivity contribution is -0.350. The molecule has 704 valence electrons. The second-order valence-corrected chi connectivity index (χ2v) is 33.6. The minimum Gasteiger partial charge on any atom is -0.508 e. The summed E-state index contributed by atoms with van der Waals surface area (Å²) in [6.45, 7) is 4.98. The van der Waals surface area contributed by atoms with Gasteiger partial charge in [-0.15, -0.1) is 13.2 Å². The van der Waals surface area contributed by atoms with Crippen molar-refractivity contribution in [2.24, 2.45) is 17.4 Å². The highest BCUT2D eigenvalue weighted by atomic mass is 35.5. The van der Waals surface area contributed by atoms with Crippen LogP contribution in [0.25, 0.3) is 11.1 Å². The Bertz CT molecular complexity index is 5460. The topological polar surface area (TPSA) is 623 Å². The van der Waals surface area contributed by atoms with Gasteiger partial charge in [-0.2, -0.15) is 0 Å². The molecular weight excluding hydrogens is 1780 g/mol. The molecular formula is C86H96Cl2F3N11O29. The predicted octanol–water partition coefficient (Wildman–Crippen LogP) is 1.74. The van der Waals surface area contributed by atoms with Gasteiger partial charge in [0, 0.05) is 59.1 Å². The maximum atomic E-state index is 16.4. The molecule has 15 rings (SSSR count). The Hall–Kier alpha value is -11.4. The number of anilines is 1. The number of carbonyl (C=O) groups excluding carboxylic acids is 8. The summed E-state index contributed by atoms with van der Waals surface area (Å²) in [6.07, 6.45) is -37.2. The van der Waals surface area contributed by atoms with Crippen molar-refractivity contribution in [2.75, 3.05) is 25.5 Å². The van der Waals surface area contributed by atoms with Crippen LogP contribution in [0.4, 0.5) is 18.9 Å². The number of alkyl halides is 3. The molecule has 40 nitrogen and oxygen atoms in total. The molecule has 1 unspecified atom stereocenters. The van der Waals surface area contributed by atoms with Gasteiger partial charge in [0.05, 0.1) is 41.3 Å². The molecule has 0 aromatic heterocycles. The average molecular weight is 1880 g/mol. The number of nitrogens with one attached hydrogen (secondary N) is 9. The standard InChI is InChI=1S/C86H96Cl2F3N11O29/c1-33(2)18-48(94-5)77(117)100-63-65(108)37-13-16-52(46(87)22-37)124-54-24-40-25-55(72(54)129-84-70(113)68(111)73(57(32-103)127-84)130-83-69(112)67(110)66(109)56(126-83)31-95-30-35-8-6-10-41(19-35)96-75(115)39-9-7-11-43(20-39)131-86(89,90)91)125-53-17-14-38(23-47(53)88)71(128-59-29-85(4,93)74(114)34(3)123-59)64-82(122)102-76(116)45-26-42(104)27-51(106)60(45)44-21-36(12-15-50(44)105)61(79(119)101-64)99-80(120)62(40)98-78(118)49(28-58(92)107)97-81(63)121/h6-17,19-27,33-34,48-49,56-57,59,61-71,73-74,76,83-84,94-95,103-106,108-114,116H,18,28-32,93H2,1-5H3,(H2,92,107)(H,96,115)(H,97,121)(H,98,118)(H,99,120)(H,100,117)(H,101,119)(H,102,122)/t34-,48+,49+,56+,57+,59-,61+,62+,63?,64-,65+,66-,67-,68+,69+,70+,71+,73+,74-,76-,83-,84-,85-/m0/s1. The van der Waals surface area contributed by atoms with E-state index in [9.17, 15) is 88.8 Å². The van der Waals surface area contributed by atoms with Gasteiger partial charge in [-0.3, -0.25) is 38.4 Å². The Morgan fingerprint density at radius 1 is 0.656 bits per heavy atom. The number of fused-ring (bicyclic) bond motifs is 15. The number of hydrogen-bond acceptors (Lipinski definition) is 32. The second-order valence-electron chi connectivity index (χ2n) is 32.8. The minimum atomic E-state index is -5.03. The molecule has 11 bridgehead atoms. The number of nitrogens with two attached hydrogens (primary N) is 2. The molecule has 8 aliphatic rings. The first-order chi connectivity index (χ1) is 61.9.